The molecule has 2 aromatic carbocycles. The van der Waals surface area contributed by atoms with Gasteiger partial charge in [0.25, 0.3) is 11.6 Å². The maximum absolute atomic E-state index is 13.0. The Labute approximate surface area is 176 Å². The molecule has 1 amide bonds. The van der Waals surface area contributed by atoms with Gasteiger partial charge in [0.05, 0.1) is 10.4 Å². The molecule has 0 aliphatic carbocycles. The molecule has 2 N–H and O–H groups in total. The van der Waals surface area contributed by atoms with Crippen LogP contribution in [-0.4, -0.2) is 47.6 Å². The van der Waals surface area contributed by atoms with E-state index in [9.17, 15) is 14.9 Å². The fraction of sp³-hybridized carbons (Fsp3) is 0.333. The van der Waals surface area contributed by atoms with E-state index in [1.165, 1.54) is 12.1 Å². The highest BCUT2D eigenvalue weighted by Gasteiger charge is 2.36. The third-order valence-corrected chi connectivity index (χ3v) is 5.99. The molecule has 0 saturated carbocycles. The molecule has 0 radical (unpaired) electrons. The standard InChI is InChI=1S/C21H20N4O6/c26-20(19-15-10-14(25(27)28)2-3-16(15)23-24-19)22-11-21(5-7-29-8-6-21)13-1-4-17-18(9-13)31-12-30-17/h1-4,9-10H,5-8,11-12H2,(H,22,26)(H,23,24). The van der Waals surface area contributed by atoms with Gasteiger partial charge in [-0.15, -0.1) is 0 Å². The highest BCUT2D eigenvalue weighted by atomic mass is 16.7. The molecule has 2 aliphatic heterocycles. The number of rotatable bonds is 5. The van der Waals surface area contributed by atoms with E-state index in [0.29, 0.717) is 42.2 Å². The molecule has 0 unspecified atom stereocenters. The molecule has 0 spiro atoms. The number of nitro benzene ring substituents is 1. The summed E-state index contributed by atoms with van der Waals surface area (Å²) in [4.78, 5) is 23.6. The van der Waals surface area contributed by atoms with Gasteiger partial charge >= 0.3 is 0 Å². The van der Waals surface area contributed by atoms with Crippen LogP contribution in [0, 0.1) is 10.1 Å². The number of nitrogens with zero attached hydrogens (tertiary/aromatic N) is 2. The summed E-state index contributed by atoms with van der Waals surface area (Å²) in [6, 6.07) is 10.1. The second kappa shape index (κ2) is 7.55. The predicted molar refractivity (Wildman–Crippen MR) is 109 cm³/mol. The van der Waals surface area contributed by atoms with Crippen LogP contribution in [0.2, 0.25) is 0 Å². The summed E-state index contributed by atoms with van der Waals surface area (Å²) in [5, 5.41) is 21.3. The smallest absolute Gasteiger partial charge is 0.272 e. The molecule has 31 heavy (non-hydrogen) atoms. The minimum absolute atomic E-state index is 0.0933. The van der Waals surface area contributed by atoms with E-state index in [4.69, 9.17) is 14.2 Å². The Balaban J connectivity index is 1.41. The Bertz CT molecular complexity index is 1170. The second-order valence-electron chi connectivity index (χ2n) is 7.70. The molecule has 5 rings (SSSR count). The van der Waals surface area contributed by atoms with Gasteiger partial charge < -0.3 is 19.5 Å². The zero-order valence-electron chi connectivity index (χ0n) is 16.6. The molecule has 1 aromatic heterocycles. The quantitative estimate of drug-likeness (QED) is 0.476. The Morgan fingerprint density at radius 1 is 1.16 bits per heavy atom. The summed E-state index contributed by atoms with van der Waals surface area (Å²) in [7, 11) is 0. The average molecular weight is 424 g/mol. The van der Waals surface area contributed by atoms with E-state index < -0.39 is 10.8 Å². The van der Waals surface area contributed by atoms with Crippen molar-refractivity contribution in [3.63, 3.8) is 0 Å². The lowest BCUT2D eigenvalue weighted by molar-refractivity contribution is -0.384. The Kier molecular flexibility index (Phi) is 4.70. The number of hydrogen-bond acceptors (Lipinski definition) is 7. The van der Waals surface area contributed by atoms with Gasteiger partial charge in [-0.2, -0.15) is 5.10 Å². The zero-order valence-corrected chi connectivity index (χ0v) is 16.6. The number of carbonyl (C=O) groups excluding carboxylic acids is 1. The van der Waals surface area contributed by atoms with E-state index in [1.807, 2.05) is 18.2 Å². The molecule has 10 heteroatoms. The minimum Gasteiger partial charge on any atom is -0.454 e. The molecule has 160 valence electrons. The van der Waals surface area contributed by atoms with Crippen molar-refractivity contribution in [3.05, 3.63) is 57.8 Å². The van der Waals surface area contributed by atoms with Gasteiger partial charge in [-0.05, 0) is 36.6 Å². The Morgan fingerprint density at radius 2 is 1.97 bits per heavy atom. The maximum Gasteiger partial charge on any atom is 0.272 e. The van der Waals surface area contributed by atoms with E-state index in [0.717, 1.165) is 18.4 Å². The van der Waals surface area contributed by atoms with Gasteiger partial charge in [0.2, 0.25) is 6.79 Å². The summed E-state index contributed by atoms with van der Waals surface area (Å²) >= 11 is 0. The Hall–Kier alpha value is -3.66. The number of H-pyrrole nitrogens is 1. The third-order valence-electron chi connectivity index (χ3n) is 5.99. The zero-order chi connectivity index (χ0) is 21.4. The third kappa shape index (κ3) is 3.44. The van der Waals surface area contributed by atoms with E-state index in [2.05, 4.69) is 15.5 Å². The van der Waals surface area contributed by atoms with Crippen molar-refractivity contribution >= 4 is 22.5 Å². The SMILES string of the molecule is O=C(NCC1(c2ccc3c(c2)OCO3)CCOCC1)c1n[nH]c2ccc([N+](=O)[O-])cc12. The van der Waals surface area contributed by atoms with Gasteiger partial charge in [-0.1, -0.05) is 6.07 Å². The average Bonchev–Trinajstić information content (AvgIpc) is 3.44. The van der Waals surface area contributed by atoms with Crippen molar-refractivity contribution in [3.8, 4) is 11.5 Å². The van der Waals surface area contributed by atoms with E-state index in [-0.39, 0.29) is 23.6 Å². The molecule has 3 heterocycles. The molecule has 3 aromatic rings. The number of hydrogen-bond donors (Lipinski definition) is 2. The molecular formula is C21H20N4O6. The van der Waals surface area contributed by atoms with Crippen LogP contribution < -0.4 is 14.8 Å². The van der Waals surface area contributed by atoms with Crippen LogP contribution in [0.1, 0.15) is 28.9 Å². The number of aromatic nitrogens is 2. The fourth-order valence-electron chi connectivity index (χ4n) is 4.18. The number of aromatic amines is 1. The number of fused-ring (bicyclic) bond motifs is 2. The number of carbonyl (C=O) groups is 1. The van der Waals surface area contributed by atoms with Crippen LogP contribution in [0.4, 0.5) is 5.69 Å². The van der Waals surface area contributed by atoms with Gasteiger partial charge in [0.1, 0.15) is 0 Å². The lowest BCUT2D eigenvalue weighted by atomic mass is 9.74. The van der Waals surface area contributed by atoms with Crippen molar-refractivity contribution in [2.45, 2.75) is 18.3 Å². The predicted octanol–water partition coefficient (Wildman–Crippen LogP) is 2.68. The Morgan fingerprint density at radius 3 is 2.77 bits per heavy atom. The van der Waals surface area contributed by atoms with Crippen LogP contribution in [0.15, 0.2) is 36.4 Å². The van der Waals surface area contributed by atoms with Gasteiger partial charge in [0, 0.05) is 42.7 Å². The lowest BCUT2D eigenvalue weighted by Crippen LogP contribution is -2.44. The first-order chi connectivity index (χ1) is 15.1. The molecule has 1 saturated heterocycles. The second-order valence-corrected chi connectivity index (χ2v) is 7.70. The van der Waals surface area contributed by atoms with Crippen molar-refractivity contribution in [1.29, 1.82) is 0 Å². The monoisotopic (exact) mass is 424 g/mol. The molecule has 0 bridgehead atoms. The van der Waals surface area contributed by atoms with Crippen molar-refractivity contribution in [2.75, 3.05) is 26.6 Å². The van der Waals surface area contributed by atoms with Crippen LogP contribution in [0.25, 0.3) is 10.9 Å². The van der Waals surface area contributed by atoms with Crippen LogP contribution >= 0.6 is 0 Å². The molecule has 2 aliphatic rings. The van der Waals surface area contributed by atoms with Crippen LogP contribution in [0.5, 0.6) is 11.5 Å². The van der Waals surface area contributed by atoms with Crippen molar-refractivity contribution < 1.29 is 23.9 Å². The van der Waals surface area contributed by atoms with E-state index >= 15 is 0 Å². The summed E-state index contributed by atoms with van der Waals surface area (Å²) in [5.74, 6) is 1.01. The molecular weight excluding hydrogens is 404 g/mol. The molecule has 1 fully saturated rings. The number of ether oxygens (including phenoxy) is 3. The normalized spacial score (nSPS) is 16.9. The largest absolute Gasteiger partial charge is 0.454 e. The first-order valence-electron chi connectivity index (χ1n) is 9.94. The van der Waals surface area contributed by atoms with Crippen LogP contribution in [0.3, 0.4) is 0 Å². The topological polar surface area (TPSA) is 129 Å². The van der Waals surface area contributed by atoms with Gasteiger partial charge in [0.15, 0.2) is 17.2 Å². The summed E-state index contributed by atoms with van der Waals surface area (Å²) in [5.41, 5.74) is 1.32. The van der Waals surface area contributed by atoms with Crippen molar-refractivity contribution in [2.24, 2.45) is 0 Å². The fourth-order valence-corrected chi connectivity index (χ4v) is 4.18. The summed E-state index contributed by atoms with van der Waals surface area (Å²) in [6.07, 6.45) is 1.47. The van der Waals surface area contributed by atoms with Gasteiger partial charge in [-0.25, -0.2) is 0 Å². The number of non-ortho nitro benzene ring substituents is 1. The van der Waals surface area contributed by atoms with Crippen molar-refractivity contribution in [1.82, 2.24) is 15.5 Å². The summed E-state index contributed by atoms with van der Waals surface area (Å²) < 4.78 is 16.5. The number of nitro groups is 1. The molecule has 10 nitrogen and oxygen atoms in total. The van der Waals surface area contributed by atoms with Crippen LogP contribution in [-0.2, 0) is 10.2 Å². The van der Waals surface area contributed by atoms with Gasteiger partial charge in [-0.3, -0.25) is 20.0 Å². The first-order valence-corrected chi connectivity index (χ1v) is 9.94. The number of benzene rings is 2. The minimum atomic E-state index is -0.495. The first kappa shape index (κ1) is 19.3. The lowest BCUT2D eigenvalue weighted by Gasteiger charge is -2.38. The highest BCUT2D eigenvalue weighted by Crippen LogP contribution is 2.40. The summed E-state index contributed by atoms with van der Waals surface area (Å²) in [6.45, 7) is 1.74. The molecule has 0 atom stereocenters. The van der Waals surface area contributed by atoms with E-state index in [1.54, 1.807) is 6.07 Å². The number of amides is 1. The number of nitrogens with one attached hydrogen (secondary N) is 2. The highest BCUT2D eigenvalue weighted by molar-refractivity contribution is 6.05. The maximum atomic E-state index is 13.0.